The Kier molecular flexibility index (Phi) is 3.59. The van der Waals surface area contributed by atoms with Gasteiger partial charge in [0.25, 0.3) is 0 Å². The van der Waals surface area contributed by atoms with Gasteiger partial charge in [-0.2, -0.15) is 0 Å². The lowest BCUT2D eigenvalue weighted by Gasteiger charge is -2.10. The van der Waals surface area contributed by atoms with Gasteiger partial charge in [-0.25, -0.2) is 4.39 Å². The van der Waals surface area contributed by atoms with Gasteiger partial charge >= 0.3 is 0 Å². The molecule has 0 spiro atoms. The highest BCUT2D eigenvalue weighted by Crippen LogP contribution is 2.39. The maximum atomic E-state index is 13.1. The molecule has 0 atom stereocenters. The molecule has 104 valence electrons. The van der Waals surface area contributed by atoms with Crippen molar-refractivity contribution in [3.05, 3.63) is 51.8 Å². The van der Waals surface area contributed by atoms with Gasteiger partial charge in [0.1, 0.15) is 5.82 Å². The first-order valence-corrected chi connectivity index (χ1v) is 6.66. The highest BCUT2D eigenvalue weighted by molar-refractivity contribution is 6.33. The average molecular weight is 314 g/mol. The first-order valence-electron chi connectivity index (χ1n) is 5.90. The molecule has 2 aromatic carbocycles. The molecule has 2 aromatic rings. The predicted molar refractivity (Wildman–Crippen MR) is 76.3 cm³/mol. The minimum absolute atomic E-state index is 0.0982. The summed E-state index contributed by atoms with van der Waals surface area (Å²) in [6.45, 7) is 0.669. The molecule has 1 heterocycles. The molecule has 1 aliphatic rings. The Bertz CT molecular complexity index is 664. The first kappa shape index (κ1) is 13.3. The molecule has 0 radical (unpaired) electrons. The molecule has 1 N–H and O–H groups in total. The lowest BCUT2D eigenvalue weighted by atomic mass is 10.2. The molecule has 0 fully saturated rings. The Morgan fingerprint density at radius 3 is 2.55 bits per heavy atom. The van der Waals surface area contributed by atoms with Crippen molar-refractivity contribution in [1.29, 1.82) is 0 Å². The molecular weight excluding hydrogens is 304 g/mol. The molecule has 1 aliphatic heterocycles. The van der Waals surface area contributed by atoms with E-state index in [1.807, 2.05) is 0 Å². The monoisotopic (exact) mass is 313 g/mol. The van der Waals surface area contributed by atoms with Crippen LogP contribution in [0.25, 0.3) is 0 Å². The summed E-state index contributed by atoms with van der Waals surface area (Å²) >= 11 is 11.9. The molecule has 0 bridgehead atoms. The summed E-state index contributed by atoms with van der Waals surface area (Å²) in [6.07, 6.45) is 0. The summed E-state index contributed by atoms with van der Waals surface area (Å²) in [5, 5.41) is 3.79. The van der Waals surface area contributed by atoms with E-state index in [1.54, 1.807) is 24.3 Å². The van der Waals surface area contributed by atoms with E-state index in [-0.39, 0.29) is 11.8 Å². The fourth-order valence-electron chi connectivity index (χ4n) is 1.90. The summed E-state index contributed by atoms with van der Waals surface area (Å²) in [6, 6.07) is 8.04. The van der Waals surface area contributed by atoms with Crippen LogP contribution >= 0.6 is 23.2 Å². The van der Waals surface area contributed by atoms with Crippen molar-refractivity contribution in [2.75, 3.05) is 12.1 Å². The Morgan fingerprint density at radius 2 is 1.80 bits per heavy atom. The molecule has 20 heavy (non-hydrogen) atoms. The van der Waals surface area contributed by atoms with Crippen LogP contribution in [0.4, 0.5) is 10.1 Å². The van der Waals surface area contributed by atoms with Crippen molar-refractivity contribution in [2.45, 2.75) is 6.54 Å². The standard InChI is InChI=1S/C14H10Cl2FNO2/c15-9-3-8(1-2-11(9)17)6-18-12-5-14-13(4-10(12)16)19-7-20-14/h1-5,18H,6-7H2. The number of hydrogen-bond acceptors (Lipinski definition) is 3. The van der Waals surface area contributed by atoms with Gasteiger partial charge in [-0.3, -0.25) is 0 Å². The lowest BCUT2D eigenvalue weighted by molar-refractivity contribution is 0.174. The molecule has 0 amide bonds. The summed E-state index contributed by atoms with van der Waals surface area (Å²) < 4.78 is 23.6. The molecule has 3 nitrogen and oxygen atoms in total. The van der Waals surface area contributed by atoms with Crippen LogP contribution in [0.2, 0.25) is 10.0 Å². The minimum Gasteiger partial charge on any atom is -0.454 e. The smallest absolute Gasteiger partial charge is 0.231 e. The van der Waals surface area contributed by atoms with E-state index in [0.717, 1.165) is 11.3 Å². The average Bonchev–Trinajstić information content (AvgIpc) is 2.87. The highest BCUT2D eigenvalue weighted by atomic mass is 35.5. The van der Waals surface area contributed by atoms with Gasteiger partial charge < -0.3 is 14.8 Å². The van der Waals surface area contributed by atoms with Crippen molar-refractivity contribution >= 4 is 28.9 Å². The van der Waals surface area contributed by atoms with Crippen molar-refractivity contribution in [3.63, 3.8) is 0 Å². The van der Waals surface area contributed by atoms with E-state index in [0.29, 0.717) is 23.1 Å². The van der Waals surface area contributed by atoms with Gasteiger partial charge in [0.05, 0.1) is 15.7 Å². The topological polar surface area (TPSA) is 30.5 Å². The minimum atomic E-state index is -0.434. The van der Waals surface area contributed by atoms with Crippen molar-refractivity contribution in [1.82, 2.24) is 0 Å². The van der Waals surface area contributed by atoms with Crippen LogP contribution in [0.5, 0.6) is 11.5 Å². The number of benzene rings is 2. The van der Waals surface area contributed by atoms with Crippen LogP contribution in [-0.2, 0) is 6.54 Å². The summed E-state index contributed by atoms with van der Waals surface area (Å²) in [7, 11) is 0. The van der Waals surface area contributed by atoms with E-state index >= 15 is 0 Å². The Labute approximate surface area is 125 Å². The van der Waals surface area contributed by atoms with Crippen LogP contribution in [0.1, 0.15) is 5.56 Å². The van der Waals surface area contributed by atoms with Gasteiger partial charge in [-0.15, -0.1) is 0 Å². The van der Waals surface area contributed by atoms with Gasteiger partial charge in [-0.1, -0.05) is 29.3 Å². The Hall–Kier alpha value is -1.65. The third kappa shape index (κ3) is 2.62. The van der Waals surface area contributed by atoms with Crippen LogP contribution in [0.3, 0.4) is 0 Å². The zero-order chi connectivity index (χ0) is 14.1. The van der Waals surface area contributed by atoms with Gasteiger partial charge in [0, 0.05) is 18.7 Å². The SMILES string of the molecule is Fc1ccc(CNc2cc3c(cc2Cl)OCO3)cc1Cl. The number of halogens is 3. The van der Waals surface area contributed by atoms with Gasteiger partial charge in [0.15, 0.2) is 11.5 Å². The Morgan fingerprint density at radius 1 is 1.05 bits per heavy atom. The fourth-order valence-corrected chi connectivity index (χ4v) is 2.32. The van der Waals surface area contributed by atoms with Crippen LogP contribution in [0, 0.1) is 5.82 Å². The molecule has 0 unspecified atom stereocenters. The molecule has 3 rings (SSSR count). The second-order valence-corrected chi connectivity index (χ2v) is 5.10. The van der Waals surface area contributed by atoms with Crippen LogP contribution < -0.4 is 14.8 Å². The second kappa shape index (κ2) is 5.38. The van der Waals surface area contributed by atoms with Crippen molar-refractivity contribution in [2.24, 2.45) is 0 Å². The summed E-state index contributed by atoms with van der Waals surface area (Å²) in [5.74, 6) is 0.843. The zero-order valence-electron chi connectivity index (χ0n) is 10.3. The largest absolute Gasteiger partial charge is 0.454 e. The second-order valence-electron chi connectivity index (χ2n) is 4.29. The van der Waals surface area contributed by atoms with E-state index in [4.69, 9.17) is 32.7 Å². The highest BCUT2D eigenvalue weighted by Gasteiger charge is 2.16. The van der Waals surface area contributed by atoms with Crippen molar-refractivity contribution < 1.29 is 13.9 Å². The van der Waals surface area contributed by atoms with Gasteiger partial charge in [-0.05, 0) is 17.7 Å². The van der Waals surface area contributed by atoms with Crippen LogP contribution in [0.15, 0.2) is 30.3 Å². The number of anilines is 1. The van der Waals surface area contributed by atoms with E-state index in [9.17, 15) is 4.39 Å². The molecule has 0 saturated heterocycles. The maximum absolute atomic E-state index is 13.1. The zero-order valence-corrected chi connectivity index (χ0v) is 11.8. The van der Waals surface area contributed by atoms with Gasteiger partial charge in [0.2, 0.25) is 6.79 Å². The molecule has 0 aliphatic carbocycles. The third-order valence-corrected chi connectivity index (χ3v) is 3.53. The number of hydrogen-bond donors (Lipinski definition) is 1. The summed E-state index contributed by atoms with van der Waals surface area (Å²) in [5.41, 5.74) is 1.57. The van der Waals surface area contributed by atoms with E-state index < -0.39 is 5.82 Å². The quantitative estimate of drug-likeness (QED) is 0.906. The number of rotatable bonds is 3. The number of ether oxygens (including phenoxy) is 2. The predicted octanol–water partition coefficient (Wildman–Crippen LogP) is 4.47. The number of fused-ring (bicyclic) bond motifs is 1. The van der Waals surface area contributed by atoms with Crippen LogP contribution in [-0.4, -0.2) is 6.79 Å². The molecular formula is C14H10Cl2FNO2. The first-order chi connectivity index (χ1) is 9.63. The number of nitrogens with one attached hydrogen (secondary N) is 1. The molecule has 6 heteroatoms. The Balaban J connectivity index is 1.76. The van der Waals surface area contributed by atoms with E-state index in [2.05, 4.69) is 5.32 Å². The fraction of sp³-hybridized carbons (Fsp3) is 0.143. The molecule has 0 saturated carbocycles. The summed E-state index contributed by atoms with van der Waals surface area (Å²) in [4.78, 5) is 0. The normalized spacial score (nSPS) is 12.6. The van der Waals surface area contributed by atoms with E-state index in [1.165, 1.54) is 6.07 Å². The maximum Gasteiger partial charge on any atom is 0.231 e. The molecule has 0 aromatic heterocycles. The van der Waals surface area contributed by atoms with Crippen molar-refractivity contribution in [3.8, 4) is 11.5 Å². The lowest BCUT2D eigenvalue weighted by Crippen LogP contribution is -2.00. The third-order valence-electron chi connectivity index (χ3n) is 2.93.